The first kappa shape index (κ1) is 17.7. The first-order chi connectivity index (χ1) is 13.5. The standard InChI is InChI=1S/C22H19N3O3/c1-14-7-6-9-16(11-14)25-21(26)17-12-24(19-10-5-4-8-15(19)2)13-18(20(17)23-25)22(27)28-3/h4-13H,1-3H3. The Morgan fingerprint density at radius 1 is 1.04 bits per heavy atom. The van der Waals surface area contributed by atoms with Crippen LogP contribution in [-0.4, -0.2) is 27.4 Å². The van der Waals surface area contributed by atoms with E-state index in [9.17, 15) is 9.59 Å². The first-order valence-electron chi connectivity index (χ1n) is 8.86. The summed E-state index contributed by atoms with van der Waals surface area (Å²) in [6.45, 7) is 3.92. The molecular weight excluding hydrogens is 354 g/mol. The number of para-hydroxylation sites is 1. The zero-order valence-corrected chi connectivity index (χ0v) is 15.8. The SMILES string of the molecule is COC(=O)c1cn(-c2ccccc2C)cc2c(=O)n(-c3cccc(C)c3)nc1-2. The van der Waals surface area contributed by atoms with E-state index in [1.54, 1.807) is 17.0 Å². The molecule has 0 radical (unpaired) electrons. The van der Waals surface area contributed by atoms with E-state index in [2.05, 4.69) is 5.10 Å². The van der Waals surface area contributed by atoms with E-state index in [1.165, 1.54) is 11.8 Å². The van der Waals surface area contributed by atoms with Gasteiger partial charge in [0.2, 0.25) is 0 Å². The molecule has 0 aromatic heterocycles. The second-order valence-electron chi connectivity index (χ2n) is 6.68. The van der Waals surface area contributed by atoms with Crippen LogP contribution in [0.15, 0.2) is 65.7 Å². The summed E-state index contributed by atoms with van der Waals surface area (Å²) in [4.78, 5) is 25.5. The summed E-state index contributed by atoms with van der Waals surface area (Å²) < 4.78 is 8.03. The molecule has 0 atom stereocenters. The van der Waals surface area contributed by atoms with Gasteiger partial charge in [-0.3, -0.25) is 4.79 Å². The first-order valence-corrected chi connectivity index (χ1v) is 8.86. The van der Waals surface area contributed by atoms with E-state index in [4.69, 9.17) is 4.74 Å². The number of hydrogen-bond acceptors (Lipinski definition) is 4. The molecule has 0 saturated carbocycles. The Morgan fingerprint density at radius 2 is 1.82 bits per heavy atom. The number of carbonyl (C=O) groups excluding carboxylic acids is 1. The molecule has 0 aliphatic carbocycles. The van der Waals surface area contributed by atoms with Crippen molar-refractivity contribution in [1.29, 1.82) is 0 Å². The van der Waals surface area contributed by atoms with Gasteiger partial charge in [-0.05, 0) is 43.2 Å². The van der Waals surface area contributed by atoms with Crippen molar-refractivity contribution in [3.8, 4) is 22.6 Å². The number of aromatic nitrogens is 3. The number of fused-ring (bicyclic) bond motifs is 1. The lowest BCUT2D eigenvalue weighted by Crippen LogP contribution is -2.15. The van der Waals surface area contributed by atoms with Crippen LogP contribution >= 0.6 is 0 Å². The van der Waals surface area contributed by atoms with Gasteiger partial charge < -0.3 is 9.30 Å². The van der Waals surface area contributed by atoms with E-state index in [1.807, 2.05) is 62.4 Å². The summed E-state index contributed by atoms with van der Waals surface area (Å²) >= 11 is 0. The quantitative estimate of drug-likeness (QED) is 0.515. The van der Waals surface area contributed by atoms with Crippen LogP contribution in [0.25, 0.3) is 22.6 Å². The fourth-order valence-electron chi connectivity index (χ4n) is 3.29. The van der Waals surface area contributed by atoms with Crippen LogP contribution < -0.4 is 5.56 Å². The Kier molecular flexibility index (Phi) is 4.31. The number of esters is 1. The Labute approximate surface area is 162 Å². The number of carbonyl (C=O) groups is 1. The predicted molar refractivity (Wildman–Crippen MR) is 107 cm³/mol. The van der Waals surface area contributed by atoms with Gasteiger partial charge in [0.15, 0.2) is 0 Å². The molecule has 0 saturated heterocycles. The maximum absolute atomic E-state index is 13.1. The molecule has 2 aromatic carbocycles. The third-order valence-electron chi connectivity index (χ3n) is 4.71. The van der Waals surface area contributed by atoms with Crippen molar-refractivity contribution in [2.45, 2.75) is 13.8 Å². The summed E-state index contributed by atoms with van der Waals surface area (Å²) in [5.41, 5.74) is 4.19. The Bertz CT molecular complexity index is 1220. The number of benzene rings is 2. The average molecular weight is 373 g/mol. The molecule has 0 unspecified atom stereocenters. The number of rotatable bonds is 3. The average Bonchev–Trinajstić information content (AvgIpc) is 3.04. The molecule has 0 fully saturated rings. The van der Waals surface area contributed by atoms with Gasteiger partial charge in [0.1, 0.15) is 11.3 Å². The molecule has 0 amide bonds. The molecular formula is C22H19N3O3. The maximum Gasteiger partial charge on any atom is 0.341 e. The third kappa shape index (κ3) is 2.89. The summed E-state index contributed by atoms with van der Waals surface area (Å²) in [5, 5.41) is 4.44. The minimum Gasteiger partial charge on any atom is -0.465 e. The molecule has 2 aliphatic heterocycles. The fraction of sp³-hybridized carbons (Fsp3) is 0.136. The van der Waals surface area contributed by atoms with Crippen molar-refractivity contribution in [1.82, 2.24) is 14.3 Å². The van der Waals surface area contributed by atoms with Gasteiger partial charge in [-0.15, -0.1) is 0 Å². The molecule has 140 valence electrons. The Balaban J connectivity index is 2.03. The lowest BCUT2D eigenvalue weighted by Gasteiger charge is -2.13. The molecule has 0 bridgehead atoms. The predicted octanol–water partition coefficient (Wildman–Crippen LogP) is 3.53. The van der Waals surface area contributed by atoms with Crippen LogP contribution in [0.1, 0.15) is 21.5 Å². The molecule has 6 heteroatoms. The number of nitrogens with zero attached hydrogens (tertiary/aromatic N) is 3. The number of pyridine rings is 1. The highest BCUT2D eigenvalue weighted by Crippen LogP contribution is 2.26. The minimum absolute atomic E-state index is 0.242. The van der Waals surface area contributed by atoms with Crippen molar-refractivity contribution in [2.24, 2.45) is 0 Å². The highest BCUT2D eigenvalue weighted by molar-refractivity contribution is 5.96. The molecule has 2 aromatic rings. The minimum atomic E-state index is -0.540. The number of methoxy groups -OCH3 is 1. The van der Waals surface area contributed by atoms with E-state index in [0.29, 0.717) is 16.9 Å². The van der Waals surface area contributed by atoms with Gasteiger partial charge in [-0.1, -0.05) is 30.3 Å². The molecule has 0 N–H and O–H groups in total. The molecule has 4 rings (SSSR count). The summed E-state index contributed by atoms with van der Waals surface area (Å²) in [6.07, 6.45) is 3.37. The number of hydrogen-bond donors (Lipinski definition) is 0. The van der Waals surface area contributed by atoms with E-state index >= 15 is 0 Å². The molecule has 6 nitrogen and oxygen atoms in total. The van der Waals surface area contributed by atoms with Crippen LogP contribution in [0.2, 0.25) is 0 Å². The molecule has 2 aliphatic rings. The van der Waals surface area contributed by atoms with Crippen LogP contribution in [0, 0.1) is 13.8 Å². The van der Waals surface area contributed by atoms with Gasteiger partial charge in [-0.25, -0.2) is 4.79 Å². The molecule has 0 spiro atoms. The normalized spacial score (nSPS) is 11.0. The van der Waals surface area contributed by atoms with Crippen molar-refractivity contribution < 1.29 is 9.53 Å². The van der Waals surface area contributed by atoms with Gasteiger partial charge in [0, 0.05) is 18.1 Å². The van der Waals surface area contributed by atoms with Gasteiger partial charge >= 0.3 is 5.97 Å². The molecule has 28 heavy (non-hydrogen) atoms. The van der Waals surface area contributed by atoms with Crippen molar-refractivity contribution in [3.05, 3.63) is 88.0 Å². The number of aryl methyl sites for hydroxylation is 2. The second kappa shape index (κ2) is 6.81. The van der Waals surface area contributed by atoms with Crippen LogP contribution in [0.4, 0.5) is 0 Å². The van der Waals surface area contributed by atoms with Gasteiger partial charge in [0.05, 0.1) is 18.4 Å². The van der Waals surface area contributed by atoms with E-state index in [-0.39, 0.29) is 11.1 Å². The van der Waals surface area contributed by atoms with Gasteiger partial charge in [0.25, 0.3) is 5.56 Å². The van der Waals surface area contributed by atoms with E-state index < -0.39 is 5.97 Å². The largest absolute Gasteiger partial charge is 0.465 e. The number of ether oxygens (including phenoxy) is 1. The summed E-state index contributed by atoms with van der Waals surface area (Å²) in [6, 6.07) is 15.2. The second-order valence-corrected chi connectivity index (χ2v) is 6.68. The Hall–Kier alpha value is -3.67. The zero-order chi connectivity index (χ0) is 19.8. The fourth-order valence-corrected chi connectivity index (χ4v) is 3.29. The van der Waals surface area contributed by atoms with Crippen molar-refractivity contribution in [2.75, 3.05) is 7.11 Å². The van der Waals surface area contributed by atoms with Gasteiger partial charge in [-0.2, -0.15) is 9.78 Å². The summed E-state index contributed by atoms with van der Waals surface area (Å²) in [5.74, 6) is -0.540. The lowest BCUT2D eigenvalue weighted by molar-refractivity contribution is 0.0600. The van der Waals surface area contributed by atoms with Crippen molar-refractivity contribution >= 4 is 5.97 Å². The summed E-state index contributed by atoms with van der Waals surface area (Å²) in [7, 11) is 1.31. The highest BCUT2D eigenvalue weighted by Gasteiger charge is 2.25. The maximum atomic E-state index is 13.1. The van der Waals surface area contributed by atoms with Crippen LogP contribution in [-0.2, 0) is 4.74 Å². The van der Waals surface area contributed by atoms with E-state index in [0.717, 1.165) is 16.8 Å². The Morgan fingerprint density at radius 3 is 2.54 bits per heavy atom. The topological polar surface area (TPSA) is 66.1 Å². The molecule has 2 heterocycles. The monoisotopic (exact) mass is 373 g/mol. The smallest absolute Gasteiger partial charge is 0.341 e. The lowest BCUT2D eigenvalue weighted by atomic mass is 10.1. The van der Waals surface area contributed by atoms with Crippen LogP contribution in [0.3, 0.4) is 0 Å². The van der Waals surface area contributed by atoms with Crippen LogP contribution in [0.5, 0.6) is 0 Å². The van der Waals surface area contributed by atoms with Crippen molar-refractivity contribution in [3.63, 3.8) is 0 Å². The zero-order valence-electron chi connectivity index (χ0n) is 15.8. The third-order valence-corrected chi connectivity index (χ3v) is 4.71. The highest BCUT2D eigenvalue weighted by atomic mass is 16.5.